The van der Waals surface area contributed by atoms with E-state index in [1.165, 1.54) is 59.1 Å². The van der Waals surface area contributed by atoms with Gasteiger partial charge in [0, 0.05) is 0 Å². The van der Waals surface area contributed by atoms with Gasteiger partial charge in [-0.15, -0.1) is 0 Å². The first-order valence-electron chi connectivity index (χ1n) is 11.6. The second kappa shape index (κ2) is 10.1. The highest BCUT2D eigenvalue weighted by Gasteiger charge is 2.22. The standard InChI is InChI=1S/C29H33F/c1-2-22-5-9-24(10-6-22)26-13-17-28(18-14-26)29-19-15-27(16-20-29)25-11-7-23(8-12-25)4-3-21-30/h5-6,9-10,13-20,23,25H,2-4,7-8,11-12,21H2,1H3/t23-,25-. The number of benzene rings is 3. The summed E-state index contributed by atoms with van der Waals surface area (Å²) in [6.07, 6.45) is 7.91. The summed E-state index contributed by atoms with van der Waals surface area (Å²) in [5, 5.41) is 0. The normalized spacial score (nSPS) is 19.0. The molecule has 156 valence electrons. The highest BCUT2D eigenvalue weighted by molar-refractivity contribution is 5.70. The van der Waals surface area contributed by atoms with E-state index in [0.717, 1.165) is 25.2 Å². The van der Waals surface area contributed by atoms with Gasteiger partial charge in [0.25, 0.3) is 0 Å². The van der Waals surface area contributed by atoms with E-state index >= 15 is 0 Å². The van der Waals surface area contributed by atoms with Crippen LogP contribution in [0.4, 0.5) is 4.39 Å². The Morgan fingerprint density at radius 2 is 1.13 bits per heavy atom. The number of hydrogen-bond donors (Lipinski definition) is 0. The predicted molar refractivity (Wildman–Crippen MR) is 127 cm³/mol. The molecular formula is C29H33F. The largest absolute Gasteiger partial charge is 0.251 e. The van der Waals surface area contributed by atoms with Crippen LogP contribution in [0.25, 0.3) is 22.3 Å². The van der Waals surface area contributed by atoms with Gasteiger partial charge in [-0.3, -0.25) is 4.39 Å². The lowest BCUT2D eigenvalue weighted by atomic mass is 9.77. The molecule has 1 fully saturated rings. The van der Waals surface area contributed by atoms with Gasteiger partial charge in [0.15, 0.2) is 0 Å². The first-order valence-corrected chi connectivity index (χ1v) is 11.6. The van der Waals surface area contributed by atoms with E-state index in [1.54, 1.807) is 0 Å². The predicted octanol–water partition coefficient (Wildman–Crippen LogP) is 8.61. The minimum Gasteiger partial charge on any atom is -0.251 e. The summed E-state index contributed by atoms with van der Waals surface area (Å²) in [7, 11) is 0. The molecule has 0 amide bonds. The van der Waals surface area contributed by atoms with Crippen molar-refractivity contribution < 1.29 is 4.39 Å². The molecule has 0 bridgehead atoms. The van der Waals surface area contributed by atoms with Crippen LogP contribution in [0.2, 0.25) is 0 Å². The van der Waals surface area contributed by atoms with Crippen molar-refractivity contribution in [1.82, 2.24) is 0 Å². The minimum absolute atomic E-state index is 0.159. The third-order valence-electron chi connectivity index (χ3n) is 6.89. The van der Waals surface area contributed by atoms with Gasteiger partial charge in [0.2, 0.25) is 0 Å². The van der Waals surface area contributed by atoms with Gasteiger partial charge in [0.1, 0.15) is 0 Å². The number of halogens is 1. The second-order valence-electron chi connectivity index (χ2n) is 8.80. The zero-order valence-electron chi connectivity index (χ0n) is 18.1. The Hall–Kier alpha value is -2.41. The zero-order chi connectivity index (χ0) is 20.8. The van der Waals surface area contributed by atoms with E-state index < -0.39 is 0 Å². The van der Waals surface area contributed by atoms with Gasteiger partial charge in [-0.05, 0) is 90.2 Å². The first kappa shape index (κ1) is 20.8. The summed E-state index contributed by atoms with van der Waals surface area (Å²) < 4.78 is 12.4. The molecule has 1 aliphatic carbocycles. The molecule has 30 heavy (non-hydrogen) atoms. The lowest BCUT2D eigenvalue weighted by Crippen LogP contribution is -2.13. The second-order valence-corrected chi connectivity index (χ2v) is 8.80. The van der Waals surface area contributed by atoms with Crippen LogP contribution in [-0.4, -0.2) is 6.67 Å². The molecule has 0 saturated heterocycles. The summed E-state index contributed by atoms with van der Waals surface area (Å²) in [6, 6.07) is 27.0. The quantitative estimate of drug-likeness (QED) is 0.372. The van der Waals surface area contributed by atoms with Crippen molar-refractivity contribution in [2.45, 2.75) is 57.8 Å². The molecule has 0 atom stereocenters. The highest BCUT2D eigenvalue weighted by atomic mass is 19.1. The summed E-state index contributed by atoms with van der Waals surface area (Å²) in [5.74, 6) is 1.42. The van der Waals surface area contributed by atoms with Crippen LogP contribution < -0.4 is 0 Å². The van der Waals surface area contributed by atoms with Crippen LogP contribution in [0.15, 0.2) is 72.8 Å². The fourth-order valence-corrected chi connectivity index (χ4v) is 4.89. The molecule has 0 radical (unpaired) electrons. The van der Waals surface area contributed by atoms with Crippen molar-refractivity contribution in [2.75, 3.05) is 6.67 Å². The average Bonchev–Trinajstić information content (AvgIpc) is 2.83. The Labute approximate surface area is 181 Å². The van der Waals surface area contributed by atoms with Crippen molar-refractivity contribution in [2.24, 2.45) is 5.92 Å². The molecule has 3 aromatic rings. The average molecular weight is 401 g/mol. The zero-order valence-corrected chi connectivity index (χ0v) is 18.1. The fraction of sp³-hybridized carbons (Fsp3) is 0.379. The van der Waals surface area contributed by atoms with Gasteiger partial charge >= 0.3 is 0 Å². The van der Waals surface area contributed by atoms with Gasteiger partial charge in [-0.1, -0.05) is 79.7 Å². The molecule has 0 N–H and O–H groups in total. The molecule has 0 aromatic heterocycles. The van der Waals surface area contributed by atoms with Crippen molar-refractivity contribution in [1.29, 1.82) is 0 Å². The van der Waals surface area contributed by atoms with E-state index in [0.29, 0.717) is 5.92 Å². The maximum atomic E-state index is 12.4. The highest BCUT2D eigenvalue weighted by Crippen LogP contribution is 2.38. The maximum absolute atomic E-state index is 12.4. The van der Waals surface area contributed by atoms with Crippen LogP contribution in [0.1, 0.15) is 62.5 Å². The van der Waals surface area contributed by atoms with Gasteiger partial charge in [-0.2, -0.15) is 0 Å². The number of rotatable bonds is 7. The van der Waals surface area contributed by atoms with Crippen molar-refractivity contribution in [3.05, 3.63) is 83.9 Å². The molecule has 0 aliphatic heterocycles. The van der Waals surface area contributed by atoms with E-state index in [9.17, 15) is 4.39 Å². The van der Waals surface area contributed by atoms with E-state index in [1.807, 2.05) is 0 Å². The van der Waals surface area contributed by atoms with Crippen LogP contribution in [0.5, 0.6) is 0 Å². The van der Waals surface area contributed by atoms with E-state index in [-0.39, 0.29) is 6.67 Å². The summed E-state index contributed by atoms with van der Waals surface area (Å²) in [6.45, 7) is 2.03. The van der Waals surface area contributed by atoms with Crippen LogP contribution in [-0.2, 0) is 6.42 Å². The molecule has 0 nitrogen and oxygen atoms in total. The maximum Gasteiger partial charge on any atom is 0.0894 e. The van der Waals surface area contributed by atoms with Crippen molar-refractivity contribution in [3.8, 4) is 22.3 Å². The third kappa shape index (κ3) is 5.01. The van der Waals surface area contributed by atoms with E-state index in [4.69, 9.17) is 0 Å². The topological polar surface area (TPSA) is 0 Å². The van der Waals surface area contributed by atoms with Gasteiger partial charge < -0.3 is 0 Å². The monoisotopic (exact) mass is 400 g/mol. The molecule has 1 aliphatic rings. The van der Waals surface area contributed by atoms with Gasteiger partial charge in [0.05, 0.1) is 6.67 Å². The summed E-state index contributed by atoms with van der Waals surface area (Å²) >= 11 is 0. The van der Waals surface area contributed by atoms with Crippen LogP contribution in [0.3, 0.4) is 0 Å². The Balaban J connectivity index is 1.39. The van der Waals surface area contributed by atoms with Crippen molar-refractivity contribution >= 4 is 0 Å². The lowest BCUT2D eigenvalue weighted by Gasteiger charge is -2.28. The lowest BCUT2D eigenvalue weighted by molar-refractivity contribution is 0.293. The van der Waals surface area contributed by atoms with Gasteiger partial charge in [-0.25, -0.2) is 0 Å². The molecule has 0 spiro atoms. The molecule has 1 heteroatoms. The number of hydrogen-bond acceptors (Lipinski definition) is 0. The summed E-state index contributed by atoms with van der Waals surface area (Å²) in [4.78, 5) is 0. The fourth-order valence-electron chi connectivity index (χ4n) is 4.89. The molecule has 0 heterocycles. The summed E-state index contributed by atoms with van der Waals surface area (Å²) in [5.41, 5.74) is 7.94. The third-order valence-corrected chi connectivity index (χ3v) is 6.89. The SMILES string of the molecule is CCc1ccc(-c2ccc(-c3ccc([C@H]4CC[C@H](CCCF)CC4)cc3)cc2)cc1. The van der Waals surface area contributed by atoms with Crippen LogP contribution in [0, 0.1) is 5.92 Å². The van der Waals surface area contributed by atoms with Crippen LogP contribution >= 0.6 is 0 Å². The number of alkyl halides is 1. The molecule has 4 rings (SSSR count). The van der Waals surface area contributed by atoms with Crippen molar-refractivity contribution in [3.63, 3.8) is 0 Å². The van der Waals surface area contributed by atoms with E-state index in [2.05, 4.69) is 79.7 Å². The Morgan fingerprint density at radius 3 is 1.60 bits per heavy atom. The molecule has 0 unspecified atom stereocenters. The number of aryl methyl sites for hydroxylation is 1. The molecule has 3 aromatic carbocycles. The molecular weight excluding hydrogens is 367 g/mol. The Kier molecular flexibility index (Phi) is 7.00. The Morgan fingerprint density at radius 1 is 0.667 bits per heavy atom. The molecule has 1 saturated carbocycles. The Bertz CT molecular complexity index is 898. The minimum atomic E-state index is -0.159. The first-order chi connectivity index (χ1) is 14.8. The smallest absolute Gasteiger partial charge is 0.0894 e.